The molecule has 2 amide bonds. The summed E-state index contributed by atoms with van der Waals surface area (Å²) in [5.41, 5.74) is 0.809. The second kappa shape index (κ2) is 7.32. The smallest absolute Gasteiger partial charge is 0.326 e. The SMILES string of the molecule is COc1cc(CNC(=O)N[C@H](C(=O)O)C(C)C)ccn1. The standard InChI is InChI=1S/C13H19N3O4/c1-8(2)11(12(17)18)16-13(19)15-7-9-4-5-14-10(6-9)20-3/h4-6,8,11H,7H2,1-3H3,(H,17,18)(H2,15,16,19)/t11-/m0/s1. The van der Waals surface area contributed by atoms with Crippen molar-refractivity contribution in [3.63, 3.8) is 0 Å². The van der Waals surface area contributed by atoms with Crippen LogP contribution in [0.2, 0.25) is 0 Å². The second-order valence-corrected chi connectivity index (χ2v) is 4.59. The van der Waals surface area contributed by atoms with Gasteiger partial charge in [-0.3, -0.25) is 0 Å². The second-order valence-electron chi connectivity index (χ2n) is 4.59. The van der Waals surface area contributed by atoms with Crippen LogP contribution < -0.4 is 15.4 Å². The molecule has 1 aromatic heterocycles. The van der Waals surface area contributed by atoms with Gasteiger partial charge in [0.25, 0.3) is 0 Å². The van der Waals surface area contributed by atoms with Crippen LogP contribution in [-0.2, 0) is 11.3 Å². The number of hydrogen-bond donors (Lipinski definition) is 3. The minimum atomic E-state index is -1.05. The van der Waals surface area contributed by atoms with Crippen molar-refractivity contribution in [3.8, 4) is 5.88 Å². The molecule has 0 radical (unpaired) electrons. The van der Waals surface area contributed by atoms with Gasteiger partial charge in [-0.05, 0) is 17.5 Å². The van der Waals surface area contributed by atoms with E-state index in [2.05, 4.69) is 15.6 Å². The van der Waals surface area contributed by atoms with Gasteiger partial charge >= 0.3 is 12.0 Å². The molecule has 0 aliphatic carbocycles. The average molecular weight is 281 g/mol. The van der Waals surface area contributed by atoms with Crippen molar-refractivity contribution in [2.75, 3.05) is 7.11 Å². The fourth-order valence-electron chi connectivity index (χ4n) is 1.56. The monoisotopic (exact) mass is 281 g/mol. The number of rotatable bonds is 6. The van der Waals surface area contributed by atoms with E-state index in [0.717, 1.165) is 5.56 Å². The van der Waals surface area contributed by atoms with Crippen LogP contribution in [0, 0.1) is 5.92 Å². The Bertz CT molecular complexity index is 476. The van der Waals surface area contributed by atoms with E-state index in [1.54, 1.807) is 32.2 Å². The van der Waals surface area contributed by atoms with Crippen LogP contribution >= 0.6 is 0 Å². The first-order valence-corrected chi connectivity index (χ1v) is 6.20. The van der Waals surface area contributed by atoms with Crippen LogP contribution in [0.4, 0.5) is 4.79 Å². The Labute approximate surface area is 117 Å². The minimum Gasteiger partial charge on any atom is -0.481 e. The lowest BCUT2D eigenvalue weighted by molar-refractivity contribution is -0.140. The van der Waals surface area contributed by atoms with Crippen molar-refractivity contribution in [1.29, 1.82) is 0 Å². The molecule has 0 fully saturated rings. The fourth-order valence-corrected chi connectivity index (χ4v) is 1.56. The van der Waals surface area contributed by atoms with Crippen molar-refractivity contribution in [1.82, 2.24) is 15.6 Å². The first-order chi connectivity index (χ1) is 9.43. The topological polar surface area (TPSA) is 101 Å². The van der Waals surface area contributed by atoms with Crippen LogP contribution in [0.5, 0.6) is 5.88 Å². The van der Waals surface area contributed by atoms with Crippen molar-refractivity contribution in [2.24, 2.45) is 5.92 Å². The number of aliphatic carboxylic acids is 1. The van der Waals surface area contributed by atoms with Crippen LogP contribution in [0.3, 0.4) is 0 Å². The molecule has 20 heavy (non-hydrogen) atoms. The number of carboxylic acids is 1. The molecule has 0 unspecified atom stereocenters. The zero-order valence-electron chi connectivity index (χ0n) is 11.7. The lowest BCUT2D eigenvalue weighted by Gasteiger charge is -2.18. The van der Waals surface area contributed by atoms with Gasteiger partial charge in [-0.15, -0.1) is 0 Å². The molecule has 1 heterocycles. The van der Waals surface area contributed by atoms with Crippen LogP contribution in [0.1, 0.15) is 19.4 Å². The molecule has 1 atom stereocenters. The molecule has 7 nitrogen and oxygen atoms in total. The first kappa shape index (κ1) is 15.7. The van der Waals surface area contributed by atoms with Gasteiger partial charge in [-0.2, -0.15) is 0 Å². The highest BCUT2D eigenvalue weighted by Crippen LogP contribution is 2.08. The third-order valence-electron chi connectivity index (χ3n) is 2.68. The van der Waals surface area contributed by atoms with Gasteiger partial charge in [-0.1, -0.05) is 13.8 Å². The Balaban J connectivity index is 2.52. The molecule has 0 saturated carbocycles. The van der Waals surface area contributed by atoms with Gasteiger partial charge in [-0.25, -0.2) is 14.6 Å². The summed E-state index contributed by atoms with van der Waals surface area (Å²) in [4.78, 5) is 26.6. The first-order valence-electron chi connectivity index (χ1n) is 6.20. The maximum absolute atomic E-state index is 11.7. The van der Waals surface area contributed by atoms with Crippen LogP contribution in [0.15, 0.2) is 18.3 Å². The van der Waals surface area contributed by atoms with E-state index in [1.807, 2.05) is 0 Å². The number of aromatic nitrogens is 1. The molecular formula is C13H19N3O4. The molecule has 0 saturated heterocycles. The van der Waals surface area contributed by atoms with E-state index < -0.39 is 18.0 Å². The normalized spacial score (nSPS) is 11.8. The number of carbonyl (C=O) groups is 2. The van der Waals surface area contributed by atoms with Gasteiger partial charge in [0.2, 0.25) is 5.88 Å². The molecule has 7 heteroatoms. The number of carboxylic acid groups (broad SMARTS) is 1. The van der Waals surface area contributed by atoms with Crippen LogP contribution in [0.25, 0.3) is 0 Å². The number of hydrogen-bond acceptors (Lipinski definition) is 4. The number of methoxy groups -OCH3 is 1. The minimum absolute atomic E-state index is 0.195. The Hall–Kier alpha value is -2.31. The number of pyridine rings is 1. The molecule has 0 aromatic carbocycles. The van der Waals surface area contributed by atoms with Gasteiger partial charge in [0.15, 0.2) is 0 Å². The van der Waals surface area contributed by atoms with Gasteiger partial charge in [0.1, 0.15) is 6.04 Å². The van der Waals surface area contributed by atoms with Crippen molar-refractivity contribution < 1.29 is 19.4 Å². The molecular weight excluding hydrogens is 262 g/mol. The highest BCUT2D eigenvalue weighted by molar-refractivity contribution is 5.82. The average Bonchev–Trinajstić information content (AvgIpc) is 2.42. The zero-order valence-corrected chi connectivity index (χ0v) is 11.7. The van der Waals surface area contributed by atoms with E-state index in [9.17, 15) is 9.59 Å². The lowest BCUT2D eigenvalue weighted by Crippen LogP contribution is -2.48. The molecule has 0 aliphatic heterocycles. The third kappa shape index (κ3) is 4.75. The number of urea groups is 1. The van der Waals surface area contributed by atoms with E-state index >= 15 is 0 Å². The summed E-state index contributed by atoms with van der Waals surface area (Å²) in [6.07, 6.45) is 1.57. The highest BCUT2D eigenvalue weighted by atomic mass is 16.5. The summed E-state index contributed by atoms with van der Waals surface area (Å²) in [6, 6.07) is 1.99. The summed E-state index contributed by atoms with van der Waals surface area (Å²) < 4.78 is 4.97. The van der Waals surface area contributed by atoms with E-state index in [1.165, 1.54) is 7.11 Å². The summed E-state index contributed by atoms with van der Waals surface area (Å²) >= 11 is 0. The molecule has 1 rings (SSSR count). The molecule has 0 spiro atoms. The molecule has 0 bridgehead atoms. The zero-order chi connectivity index (χ0) is 15.1. The maximum Gasteiger partial charge on any atom is 0.326 e. The Kier molecular flexibility index (Phi) is 5.76. The number of nitrogens with one attached hydrogen (secondary N) is 2. The predicted octanol–water partition coefficient (Wildman–Crippen LogP) is 0.999. The van der Waals surface area contributed by atoms with E-state index in [-0.39, 0.29) is 12.5 Å². The van der Waals surface area contributed by atoms with Gasteiger partial charge in [0, 0.05) is 18.8 Å². The van der Waals surface area contributed by atoms with Crippen molar-refractivity contribution in [3.05, 3.63) is 23.9 Å². The Morgan fingerprint density at radius 2 is 2.15 bits per heavy atom. The quantitative estimate of drug-likeness (QED) is 0.722. The predicted molar refractivity (Wildman–Crippen MR) is 72.4 cm³/mol. The number of nitrogens with zero attached hydrogens (tertiary/aromatic N) is 1. The molecule has 110 valence electrons. The summed E-state index contributed by atoms with van der Waals surface area (Å²) in [5.74, 6) is -0.796. The molecule has 0 aliphatic rings. The summed E-state index contributed by atoms with van der Waals surface area (Å²) in [5, 5.41) is 14.0. The van der Waals surface area contributed by atoms with Crippen molar-refractivity contribution in [2.45, 2.75) is 26.4 Å². The van der Waals surface area contributed by atoms with Gasteiger partial charge < -0.3 is 20.5 Å². The summed E-state index contributed by atoms with van der Waals surface area (Å²) in [7, 11) is 1.51. The summed E-state index contributed by atoms with van der Waals surface area (Å²) in [6.45, 7) is 3.72. The van der Waals surface area contributed by atoms with Gasteiger partial charge in [0.05, 0.1) is 7.11 Å². The largest absolute Gasteiger partial charge is 0.481 e. The number of amides is 2. The lowest BCUT2D eigenvalue weighted by atomic mass is 10.1. The van der Waals surface area contributed by atoms with E-state index in [4.69, 9.17) is 9.84 Å². The molecule has 1 aromatic rings. The fraction of sp³-hybridized carbons (Fsp3) is 0.462. The Morgan fingerprint density at radius 3 is 2.70 bits per heavy atom. The maximum atomic E-state index is 11.7. The van der Waals surface area contributed by atoms with E-state index in [0.29, 0.717) is 5.88 Å². The van der Waals surface area contributed by atoms with Crippen molar-refractivity contribution >= 4 is 12.0 Å². The molecule has 3 N–H and O–H groups in total. The third-order valence-corrected chi connectivity index (χ3v) is 2.68. The Morgan fingerprint density at radius 1 is 1.45 bits per heavy atom. The highest BCUT2D eigenvalue weighted by Gasteiger charge is 2.23. The van der Waals surface area contributed by atoms with Crippen LogP contribution in [-0.4, -0.2) is 35.2 Å². The number of carbonyl (C=O) groups excluding carboxylic acids is 1. The number of ether oxygens (including phenoxy) is 1.